The van der Waals surface area contributed by atoms with E-state index in [0.29, 0.717) is 39.3 Å². The van der Waals surface area contributed by atoms with Crippen LogP contribution in [0.15, 0.2) is 63.6 Å². The van der Waals surface area contributed by atoms with Gasteiger partial charge in [0.25, 0.3) is 5.91 Å². The molecule has 0 radical (unpaired) electrons. The van der Waals surface area contributed by atoms with Crippen molar-refractivity contribution in [1.82, 2.24) is 5.32 Å². The van der Waals surface area contributed by atoms with Crippen LogP contribution in [0, 0.1) is 0 Å². The molecule has 0 aliphatic rings. The zero-order chi connectivity index (χ0) is 22.1. The van der Waals surface area contributed by atoms with E-state index in [1.807, 2.05) is 0 Å². The number of carbonyl (C=O) groups is 3. The van der Waals surface area contributed by atoms with Crippen LogP contribution >= 0.6 is 31.9 Å². The summed E-state index contributed by atoms with van der Waals surface area (Å²) in [5.41, 5.74) is 0.652. The summed E-state index contributed by atoms with van der Waals surface area (Å²) in [6.07, 6.45) is 1.94. The number of carboxylic acid groups (broad SMARTS) is 1. The summed E-state index contributed by atoms with van der Waals surface area (Å²) in [7, 11) is 0. The van der Waals surface area contributed by atoms with E-state index in [4.69, 9.17) is 9.84 Å². The zero-order valence-electron chi connectivity index (χ0n) is 15.7. The van der Waals surface area contributed by atoms with Gasteiger partial charge in [-0.2, -0.15) is 0 Å². The van der Waals surface area contributed by atoms with Crippen LogP contribution < -0.4 is 5.32 Å². The number of carbonyl (C=O) groups excluding carboxylic acids is 2. The highest BCUT2D eigenvalue weighted by atomic mass is 79.9. The molecular weight excluding hydrogens is 522 g/mol. The molecule has 0 aromatic heterocycles. The SMILES string of the molecule is O=C(O)/C=C/CCC[C@@H](OC(=O)NC(=O)c1ccccc1)c1cc(Br)cc(Br)c1O. The van der Waals surface area contributed by atoms with Crippen molar-refractivity contribution < 1.29 is 29.3 Å². The molecule has 3 N–H and O–H groups in total. The molecule has 0 spiro atoms. The number of nitrogens with one attached hydrogen (secondary N) is 1. The monoisotopic (exact) mass is 539 g/mol. The molecule has 0 fully saturated rings. The summed E-state index contributed by atoms with van der Waals surface area (Å²) < 4.78 is 6.50. The van der Waals surface area contributed by atoms with E-state index in [-0.39, 0.29) is 5.75 Å². The Bertz CT molecular complexity index is 946. The van der Waals surface area contributed by atoms with Crippen LogP contribution in [0.25, 0.3) is 0 Å². The number of aliphatic carboxylic acids is 1. The number of hydrogen-bond acceptors (Lipinski definition) is 5. The number of amides is 2. The van der Waals surface area contributed by atoms with Crippen LogP contribution in [0.2, 0.25) is 0 Å². The fraction of sp³-hybridized carbons (Fsp3) is 0.190. The van der Waals surface area contributed by atoms with E-state index in [2.05, 4.69) is 37.2 Å². The molecule has 0 saturated carbocycles. The van der Waals surface area contributed by atoms with E-state index in [1.54, 1.807) is 42.5 Å². The lowest BCUT2D eigenvalue weighted by Gasteiger charge is -2.20. The number of hydrogen-bond donors (Lipinski definition) is 3. The average Bonchev–Trinajstić information content (AvgIpc) is 2.70. The molecule has 2 aromatic rings. The second-order valence-corrected chi connectivity index (χ2v) is 7.98. The lowest BCUT2D eigenvalue weighted by molar-refractivity contribution is -0.131. The Morgan fingerprint density at radius 1 is 1.13 bits per heavy atom. The van der Waals surface area contributed by atoms with Gasteiger partial charge in [-0.25, -0.2) is 9.59 Å². The lowest BCUT2D eigenvalue weighted by Crippen LogP contribution is -2.32. The number of phenols is 1. The first-order valence-corrected chi connectivity index (χ1v) is 10.5. The number of alkyl carbamates (subject to hydrolysis) is 1. The molecular formula is C21H19Br2NO6. The number of halogens is 2. The van der Waals surface area contributed by atoms with Gasteiger partial charge in [-0.1, -0.05) is 40.2 Å². The van der Waals surface area contributed by atoms with Gasteiger partial charge in [0.15, 0.2) is 0 Å². The smallest absolute Gasteiger partial charge is 0.414 e. The Morgan fingerprint density at radius 3 is 2.50 bits per heavy atom. The van der Waals surface area contributed by atoms with E-state index in [1.165, 1.54) is 6.08 Å². The first kappa shape index (κ1) is 23.6. The molecule has 0 heterocycles. The van der Waals surface area contributed by atoms with Crippen LogP contribution in [-0.2, 0) is 9.53 Å². The number of benzene rings is 2. The van der Waals surface area contributed by atoms with Crippen LogP contribution in [0.3, 0.4) is 0 Å². The summed E-state index contributed by atoms with van der Waals surface area (Å²) in [5, 5.41) is 21.2. The summed E-state index contributed by atoms with van der Waals surface area (Å²) in [5.74, 6) is -1.75. The molecule has 2 rings (SSSR count). The van der Waals surface area contributed by atoms with Gasteiger partial charge in [-0.05, 0) is 59.5 Å². The maximum absolute atomic E-state index is 12.3. The topological polar surface area (TPSA) is 113 Å². The summed E-state index contributed by atoms with van der Waals surface area (Å²) in [4.78, 5) is 35.1. The average molecular weight is 541 g/mol. The Morgan fingerprint density at radius 2 is 1.83 bits per heavy atom. The second kappa shape index (κ2) is 11.5. The van der Waals surface area contributed by atoms with Crippen molar-refractivity contribution in [3.8, 4) is 5.75 Å². The number of imide groups is 1. The number of unbranched alkanes of at least 4 members (excludes halogenated alkanes) is 1. The quantitative estimate of drug-likeness (QED) is 0.308. The molecule has 0 aliphatic carbocycles. The van der Waals surface area contributed by atoms with Gasteiger partial charge in [0.05, 0.1) is 4.47 Å². The molecule has 2 aromatic carbocycles. The minimum absolute atomic E-state index is 0.0912. The molecule has 0 unspecified atom stereocenters. The maximum atomic E-state index is 12.3. The maximum Gasteiger partial charge on any atom is 0.414 e. The normalized spacial score (nSPS) is 11.8. The molecule has 0 bridgehead atoms. The number of carboxylic acids is 1. The van der Waals surface area contributed by atoms with Crippen LogP contribution in [0.1, 0.15) is 41.3 Å². The van der Waals surface area contributed by atoms with Crippen LogP contribution in [-0.4, -0.2) is 28.2 Å². The van der Waals surface area contributed by atoms with Gasteiger partial charge in [0.1, 0.15) is 11.9 Å². The Kier molecular flexibility index (Phi) is 9.07. The summed E-state index contributed by atoms with van der Waals surface area (Å²) >= 11 is 6.58. The third kappa shape index (κ3) is 7.31. The van der Waals surface area contributed by atoms with Crippen molar-refractivity contribution in [2.24, 2.45) is 0 Å². The fourth-order valence-corrected chi connectivity index (χ4v) is 3.89. The van der Waals surface area contributed by atoms with E-state index < -0.39 is 24.1 Å². The lowest BCUT2D eigenvalue weighted by atomic mass is 10.0. The molecule has 0 aliphatic heterocycles. The van der Waals surface area contributed by atoms with Crippen molar-refractivity contribution in [1.29, 1.82) is 0 Å². The van der Waals surface area contributed by atoms with Gasteiger partial charge in [0, 0.05) is 21.7 Å². The summed E-state index contributed by atoms with van der Waals surface area (Å²) in [6.45, 7) is 0. The number of allylic oxidation sites excluding steroid dienone is 1. The third-order valence-corrected chi connectivity index (χ3v) is 5.07. The first-order valence-electron chi connectivity index (χ1n) is 8.92. The van der Waals surface area contributed by atoms with Crippen molar-refractivity contribution in [2.75, 3.05) is 0 Å². The van der Waals surface area contributed by atoms with Crippen LogP contribution in [0.4, 0.5) is 4.79 Å². The number of rotatable bonds is 8. The number of phenolic OH excluding ortho intramolecular Hbond substituents is 1. The number of aromatic hydroxyl groups is 1. The molecule has 30 heavy (non-hydrogen) atoms. The van der Waals surface area contributed by atoms with Crippen molar-refractivity contribution in [2.45, 2.75) is 25.4 Å². The van der Waals surface area contributed by atoms with Gasteiger partial charge < -0.3 is 14.9 Å². The highest BCUT2D eigenvalue weighted by molar-refractivity contribution is 9.11. The van der Waals surface area contributed by atoms with Crippen molar-refractivity contribution >= 4 is 49.8 Å². The van der Waals surface area contributed by atoms with Gasteiger partial charge in [-0.15, -0.1) is 0 Å². The first-order chi connectivity index (χ1) is 14.3. The Balaban J connectivity index is 2.13. The molecule has 1 atom stereocenters. The Hall–Kier alpha value is -2.65. The van der Waals surface area contributed by atoms with Crippen molar-refractivity contribution in [3.63, 3.8) is 0 Å². The fourth-order valence-electron chi connectivity index (χ4n) is 2.63. The minimum atomic E-state index is -1.05. The van der Waals surface area contributed by atoms with E-state index in [0.717, 1.165) is 6.08 Å². The van der Waals surface area contributed by atoms with Gasteiger partial charge in [0.2, 0.25) is 0 Å². The summed E-state index contributed by atoms with van der Waals surface area (Å²) in [6, 6.07) is 11.5. The molecule has 9 heteroatoms. The minimum Gasteiger partial charge on any atom is -0.506 e. The molecule has 7 nitrogen and oxygen atoms in total. The molecule has 158 valence electrons. The third-order valence-electron chi connectivity index (χ3n) is 4.00. The van der Waals surface area contributed by atoms with Crippen LogP contribution in [0.5, 0.6) is 5.75 Å². The van der Waals surface area contributed by atoms with Gasteiger partial charge >= 0.3 is 12.1 Å². The van der Waals surface area contributed by atoms with Crippen molar-refractivity contribution in [3.05, 3.63) is 74.7 Å². The second-order valence-electron chi connectivity index (χ2n) is 6.21. The highest BCUT2D eigenvalue weighted by Crippen LogP contribution is 2.38. The molecule has 2 amide bonds. The predicted octanol–water partition coefficient (Wildman–Crippen LogP) is 5.34. The largest absolute Gasteiger partial charge is 0.506 e. The predicted molar refractivity (Wildman–Crippen MR) is 117 cm³/mol. The molecule has 0 saturated heterocycles. The van der Waals surface area contributed by atoms with Gasteiger partial charge in [-0.3, -0.25) is 10.1 Å². The number of ether oxygens (including phenoxy) is 1. The standard InChI is InChI=1S/C21H19Br2NO6/c22-14-11-15(19(27)16(23)12-14)17(9-5-2-6-10-18(25)26)30-21(29)24-20(28)13-7-3-1-4-8-13/h1,3-4,6-8,10-12,17,27H,2,5,9H2,(H,25,26)(H,24,28,29)/b10-6+/t17-/m1/s1. The highest BCUT2D eigenvalue weighted by Gasteiger charge is 2.23. The van der Waals surface area contributed by atoms with E-state index in [9.17, 15) is 19.5 Å². The van der Waals surface area contributed by atoms with E-state index >= 15 is 0 Å². The zero-order valence-corrected chi connectivity index (χ0v) is 18.9. The Labute approximate surface area is 190 Å².